The van der Waals surface area contributed by atoms with Crippen LogP contribution in [-0.2, 0) is 19.6 Å². The van der Waals surface area contributed by atoms with Crippen molar-refractivity contribution in [1.29, 1.82) is 0 Å². The van der Waals surface area contributed by atoms with E-state index in [0.717, 1.165) is 32.1 Å². The molecule has 7 nitrogen and oxygen atoms in total. The number of hydrogen-bond acceptors (Lipinski definition) is 5. The molecule has 2 rings (SSSR count). The third-order valence-electron chi connectivity index (χ3n) is 5.12. The van der Waals surface area contributed by atoms with Gasteiger partial charge in [0.25, 0.3) is 0 Å². The summed E-state index contributed by atoms with van der Waals surface area (Å²) in [5.74, 6) is -0.797. The lowest BCUT2D eigenvalue weighted by Crippen LogP contribution is -2.57. The zero-order chi connectivity index (χ0) is 16.9. The van der Waals surface area contributed by atoms with Gasteiger partial charge in [-0.25, -0.2) is 12.7 Å². The Labute approximate surface area is 137 Å². The summed E-state index contributed by atoms with van der Waals surface area (Å²) in [5, 5.41) is 18.4. The molecule has 2 fully saturated rings. The number of aliphatic hydroxyl groups is 1. The first-order chi connectivity index (χ1) is 10.9. The first-order valence-corrected chi connectivity index (χ1v) is 9.80. The third-order valence-corrected chi connectivity index (χ3v) is 7.73. The predicted molar refractivity (Wildman–Crippen MR) is 84.6 cm³/mol. The fourth-order valence-electron chi connectivity index (χ4n) is 3.51. The smallest absolute Gasteiger partial charge is 0.326 e. The number of aliphatic carboxylic acids is 1. The van der Waals surface area contributed by atoms with Crippen molar-refractivity contribution < 1.29 is 28.2 Å². The molecular weight excluding hydrogens is 322 g/mol. The van der Waals surface area contributed by atoms with Gasteiger partial charge in [-0.3, -0.25) is 4.79 Å². The number of carboxylic acid groups (broad SMARTS) is 1. The quantitative estimate of drug-likeness (QED) is 0.660. The highest BCUT2D eigenvalue weighted by Gasteiger charge is 2.54. The van der Waals surface area contributed by atoms with Crippen LogP contribution in [-0.4, -0.2) is 66.6 Å². The number of carboxylic acids is 1. The molecule has 2 aliphatic rings. The Bertz CT molecular complexity index is 492. The maximum absolute atomic E-state index is 12.9. The summed E-state index contributed by atoms with van der Waals surface area (Å²) in [5.41, 5.74) is 0. The average molecular weight is 349 g/mol. The lowest BCUT2D eigenvalue weighted by Gasteiger charge is -2.39. The molecule has 2 heterocycles. The maximum Gasteiger partial charge on any atom is 0.326 e. The molecule has 0 aromatic carbocycles. The van der Waals surface area contributed by atoms with Crippen molar-refractivity contribution in [3.05, 3.63) is 0 Å². The van der Waals surface area contributed by atoms with Crippen molar-refractivity contribution in [1.82, 2.24) is 4.31 Å². The number of sulfonamides is 1. The van der Waals surface area contributed by atoms with Gasteiger partial charge in [-0.2, -0.15) is 0 Å². The average Bonchev–Trinajstić information content (AvgIpc) is 2.56. The van der Waals surface area contributed by atoms with E-state index >= 15 is 0 Å². The number of rotatable bonds is 7. The van der Waals surface area contributed by atoms with E-state index < -0.39 is 20.7 Å². The van der Waals surface area contributed by atoms with E-state index in [9.17, 15) is 18.3 Å². The summed E-state index contributed by atoms with van der Waals surface area (Å²) in [6, 6.07) is 0. The van der Waals surface area contributed by atoms with Crippen LogP contribution in [0.1, 0.15) is 44.9 Å². The zero-order valence-electron chi connectivity index (χ0n) is 13.4. The summed E-state index contributed by atoms with van der Waals surface area (Å²) in [6.45, 7) is 1.31. The highest BCUT2D eigenvalue weighted by molar-refractivity contribution is 7.91. The van der Waals surface area contributed by atoms with Crippen molar-refractivity contribution in [2.75, 3.05) is 32.9 Å². The van der Waals surface area contributed by atoms with E-state index in [1.165, 1.54) is 4.31 Å². The molecule has 2 saturated heterocycles. The Kier molecular flexibility index (Phi) is 6.41. The van der Waals surface area contributed by atoms with Crippen molar-refractivity contribution in [3.63, 3.8) is 0 Å². The minimum absolute atomic E-state index is 0.0150. The molecule has 2 N–H and O–H groups in total. The van der Waals surface area contributed by atoms with E-state index in [1.807, 2.05) is 0 Å². The Hall–Kier alpha value is -0.700. The molecule has 0 saturated carbocycles. The van der Waals surface area contributed by atoms with E-state index in [-0.39, 0.29) is 32.7 Å². The number of aliphatic hydroxyl groups excluding tert-OH is 1. The number of piperidine rings is 1. The second-order valence-corrected chi connectivity index (χ2v) is 8.73. The van der Waals surface area contributed by atoms with Gasteiger partial charge in [0.2, 0.25) is 10.0 Å². The van der Waals surface area contributed by atoms with Crippen molar-refractivity contribution in [2.24, 2.45) is 5.92 Å². The number of carbonyl (C=O) groups is 1. The van der Waals surface area contributed by atoms with Crippen LogP contribution in [0.15, 0.2) is 0 Å². The Morgan fingerprint density at radius 1 is 1.17 bits per heavy atom. The van der Waals surface area contributed by atoms with Crippen molar-refractivity contribution in [3.8, 4) is 0 Å². The number of nitrogens with zero attached hydrogens (tertiary/aromatic N) is 1. The second-order valence-electron chi connectivity index (χ2n) is 6.48. The molecule has 134 valence electrons. The Morgan fingerprint density at radius 3 is 2.30 bits per heavy atom. The Balaban J connectivity index is 2.01. The molecule has 0 aromatic heterocycles. The van der Waals surface area contributed by atoms with E-state index in [2.05, 4.69) is 0 Å². The summed E-state index contributed by atoms with van der Waals surface area (Å²) in [6.07, 6.45) is 4.27. The molecule has 2 aliphatic heterocycles. The minimum atomic E-state index is -3.88. The van der Waals surface area contributed by atoms with Gasteiger partial charge in [0.15, 0.2) is 4.75 Å². The summed E-state index contributed by atoms with van der Waals surface area (Å²) >= 11 is 0. The SMILES string of the molecule is O=C(O)C1(S(=O)(=O)N2CCC(CCCCO)CC2)CCOCC1. The highest BCUT2D eigenvalue weighted by atomic mass is 32.2. The molecule has 0 aliphatic carbocycles. The van der Waals surface area contributed by atoms with Crippen LogP contribution in [0.3, 0.4) is 0 Å². The molecule has 0 radical (unpaired) electrons. The molecule has 0 atom stereocenters. The predicted octanol–water partition coefficient (Wildman–Crippen LogP) is 0.825. The lowest BCUT2D eigenvalue weighted by molar-refractivity contribution is -0.142. The maximum atomic E-state index is 12.9. The molecule has 0 amide bonds. The van der Waals surface area contributed by atoms with Gasteiger partial charge in [-0.05, 0) is 25.2 Å². The van der Waals surface area contributed by atoms with E-state index in [0.29, 0.717) is 19.0 Å². The minimum Gasteiger partial charge on any atom is -0.480 e. The molecule has 0 bridgehead atoms. The van der Waals surface area contributed by atoms with Crippen molar-refractivity contribution in [2.45, 2.75) is 49.7 Å². The third kappa shape index (κ3) is 3.87. The second kappa shape index (κ2) is 7.92. The van der Waals surface area contributed by atoms with Crippen LogP contribution < -0.4 is 0 Å². The molecule has 0 aromatic rings. The molecule has 8 heteroatoms. The van der Waals surface area contributed by atoms with Gasteiger partial charge < -0.3 is 14.9 Å². The van der Waals surface area contributed by atoms with Crippen molar-refractivity contribution >= 4 is 16.0 Å². The lowest BCUT2D eigenvalue weighted by atomic mass is 9.92. The van der Waals surface area contributed by atoms with Crippen LogP contribution >= 0.6 is 0 Å². The summed E-state index contributed by atoms with van der Waals surface area (Å²) in [7, 11) is -3.88. The first-order valence-electron chi connectivity index (χ1n) is 8.36. The number of ether oxygens (including phenoxy) is 1. The van der Waals surface area contributed by atoms with Gasteiger partial charge >= 0.3 is 5.97 Å². The fourth-order valence-corrected chi connectivity index (χ4v) is 5.60. The largest absolute Gasteiger partial charge is 0.480 e. The van der Waals surface area contributed by atoms with Gasteiger partial charge in [-0.15, -0.1) is 0 Å². The summed E-state index contributed by atoms with van der Waals surface area (Å²) in [4.78, 5) is 11.7. The zero-order valence-corrected chi connectivity index (χ0v) is 14.3. The topological polar surface area (TPSA) is 104 Å². The van der Waals surface area contributed by atoms with Gasteiger partial charge in [-0.1, -0.05) is 12.8 Å². The van der Waals surface area contributed by atoms with Crippen LogP contribution in [0.4, 0.5) is 0 Å². The molecule has 0 unspecified atom stereocenters. The van der Waals surface area contributed by atoms with Crippen LogP contribution in [0.5, 0.6) is 0 Å². The van der Waals surface area contributed by atoms with Crippen LogP contribution in [0.25, 0.3) is 0 Å². The van der Waals surface area contributed by atoms with Gasteiger partial charge in [0.05, 0.1) is 0 Å². The standard InChI is InChI=1S/C15H27NO6S/c17-10-2-1-3-13-4-8-16(9-5-13)23(20,21)15(14(18)19)6-11-22-12-7-15/h13,17H,1-12H2,(H,18,19). The van der Waals surface area contributed by atoms with Gasteiger partial charge in [0, 0.05) is 45.8 Å². The molecular formula is C15H27NO6S. The highest BCUT2D eigenvalue weighted by Crippen LogP contribution is 2.35. The monoisotopic (exact) mass is 349 g/mol. The number of hydrogen-bond donors (Lipinski definition) is 2. The number of unbranched alkanes of at least 4 members (excludes halogenated alkanes) is 1. The Morgan fingerprint density at radius 2 is 1.78 bits per heavy atom. The van der Waals surface area contributed by atoms with E-state index in [4.69, 9.17) is 9.84 Å². The summed E-state index contributed by atoms with van der Waals surface area (Å²) < 4.78 is 30.7. The normalized spacial score (nSPS) is 23.7. The van der Waals surface area contributed by atoms with Gasteiger partial charge in [0.1, 0.15) is 0 Å². The van der Waals surface area contributed by atoms with Crippen LogP contribution in [0, 0.1) is 5.92 Å². The fraction of sp³-hybridized carbons (Fsp3) is 0.933. The molecule has 0 spiro atoms. The van der Waals surface area contributed by atoms with Crippen LogP contribution in [0.2, 0.25) is 0 Å². The van der Waals surface area contributed by atoms with E-state index in [1.54, 1.807) is 0 Å². The molecule has 23 heavy (non-hydrogen) atoms. The first kappa shape index (κ1) is 18.6.